The Kier molecular flexibility index (Phi) is 3.30. The van der Waals surface area contributed by atoms with Gasteiger partial charge in [-0.25, -0.2) is 4.98 Å². The molecule has 1 saturated heterocycles. The fraction of sp³-hybridized carbons (Fsp3) is 0.700. The van der Waals surface area contributed by atoms with Crippen LogP contribution in [0.4, 0.5) is 5.13 Å². The van der Waals surface area contributed by atoms with Crippen molar-refractivity contribution in [1.29, 1.82) is 0 Å². The molecule has 2 unspecified atom stereocenters. The number of carbonyl (C=O) groups is 1. The first kappa shape index (κ1) is 12.3. The number of rotatable bonds is 4. The summed E-state index contributed by atoms with van der Waals surface area (Å²) >= 11 is 1.25. The number of nitrogens with one attached hydrogen (secondary N) is 1. The Bertz CT molecular complexity index is 423. The highest BCUT2D eigenvalue weighted by molar-refractivity contribution is 7.09. The van der Waals surface area contributed by atoms with Gasteiger partial charge < -0.3 is 15.2 Å². The summed E-state index contributed by atoms with van der Waals surface area (Å²) in [4.78, 5) is 15.5. The molecule has 0 amide bonds. The van der Waals surface area contributed by atoms with Crippen LogP contribution in [0.5, 0.6) is 0 Å². The third-order valence-electron chi connectivity index (χ3n) is 3.03. The number of aromatic nitrogens is 2. The van der Waals surface area contributed by atoms with Crippen molar-refractivity contribution in [1.82, 2.24) is 9.36 Å². The van der Waals surface area contributed by atoms with Crippen molar-refractivity contribution in [3.63, 3.8) is 0 Å². The highest BCUT2D eigenvalue weighted by Crippen LogP contribution is 2.31. The van der Waals surface area contributed by atoms with Gasteiger partial charge in [-0.1, -0.05) is 6.92 Å². The van der Waals surface area contributed by atoms with Crippen LogP contribution in [0.3, 0.4) is 0 Å². The lowest BCUT2D eigenvalue weighted by atomic mass is 9.85. The van der Waals surface area contributed by atoms with Crippen LogP contribution in [0.2, 0.25) is 0 Å². The number of aliphatic carboxylic acids is 1. The van der Waals surface area contributed by atoms with Crippen molar-refractivity contribution in [3.05, 3.63) is 5.82 Å². The van der Waals surface area contributed by atoms with Gasteiger partial charge in [0.15, 0.2) is 0 Å². The fourth-order valence-electron chi connectivity index (χ4n) is 1.69. The average Bonchev–Trinajstić information content (AvgIpc) is 2.88. The fourth-order valence-corrected chi connectivity index (χ4v) is 2.39. The smallest absolute Gasteiger partial charge is 0.313 e. The van der Waals surface area contributed by atoms with Crippen LogP contribution >= 0.6 is 11.5 Å². The maximum atomic E-state index is 11.2. The van der Waals surface area contributed by atoms with Crippen LogP contribution in [0.15, 0.2) is 0 Å². The second kappa shape index (κ2) is 4.58. The minimum Gasteiger partial charge on any atom is -0.481 e. The Morgan fingerprint density at radius 3 is 3.12 bits per heavy atom. The quantitative estimate of drug-likeness (QED) is 0.837. The molecule has 1 fully saturated rings. The molecule has 0 aromatic carbocycles. The molecule has 1 aliphatic heterocycles. The van der Waals surface area contributed by atoms with Crippen molar-refractivity contribution in [2.24, 2.45) is 5.41 Å². The summed E-state index contributed by atoms with van der Waals surface area (Å²) in [5, 5.41) is 13.0. The number of anilines is 1. The summed E-state index contributed by atoms with van der Waals surface area (Å²) in [5.74, 6) is -0.0822. The van der Waals surface area contributed by atoms with Gasteiger partial charge in [-0.15, -0.1) is 0 Å². The molecule has 1 aliphatic rings. The predicted molar refractivity (Wildman–Crippen MR) is 63.3 cm³/mol. The Labute approximate surface area is 103 Å². The van der Waals surface area contributed by atoms with Gasteiger partial charge in [0.2, 0.25) is 5.13 Å². The molecule has 1 aromatic rings. The maximum absolute atomic E-state index is 11.2. The van der Waals surface area contributed by atoms with Crippen molar-refractivity contribution in [3.8, 4) is 0 Å². The molecule has 0 spiro atoms. The van der Waals surface area contributed by atoms with E-state index in [2.05, 4.69) is 14.7 Å². The highest BCUT2D eigenvalue weighted by atomic mass is 32.1. The lowest BCUT2D eigenvalue weighted by Gasteiger charge is -2.24. The number of carboxylic acids is 1. The first-order valence-corrected chi connectivity index (χ1v) is 6.24. The van der Waals surface area contributed by atoms with Gasteiger partial charge in [-0.2, -0.15) is 4.37 Å². The lowest BCUT2D eigenvalue weighted by Crippen LogP contribution is -2.43. The number of carboxylic acid groups (broad SMARTS) is 1. The lowest BCUT2D eigenvalue weighted by molar-refractivity contribution is -0.148. The largest absolute Gasteiger partial charge is 0.481 e. The first-order valence-electron chi connectivity index (χ1n) is 5.46. The van der Waals surface area contributed by atoms with Crippen molar-refractivity contribution >= 4 is 22.6 Å². The topological polar surface area (TPSA) is 84.3 Å². The molecule has 6 nitrogen and oxygen atoms in total. The van der Waals surface area contributed by atoms with Gasteiger partial charge in [-0.05, 0) is 6.92 Å². The van der Waals surface area contributed by atoms with E-state index in [0.29, 0.717) is 11.7 Å². The van der Waals surface area contributed by atoms with E-state index >= 15 is 0 Å². The second-order valence-corrected chi connectivity index (χ2v) is 5.06. The standard InChI is InChI=1S/C10H15N3O3S/c1-3-7-12-9(17-13-7)11-6-4-16-5-10(6,2)8(14)15/h6H,3-5H2,1-2H3,(H,14,15)(H,11,12,13). The Morgan fingerprint density at radius 1 is 1.76 bits per heavy atom. The minimum absolute atomic E-state index is 0.222. The van der Waals surface area contributed by atoms with E-state index in [9.17, 15) is 9.90 Å². The summed E-state index contributed by atoms with van der Waals surface area (Å²) in [6.45, 7) is 4.26. The molecule has 7 heteroatoms. The second-order valence-electron chi connectivity index (χ2n) is 4.30. The van der Waals surface area contributed by atoms with Crippen LogP contribution in [0.25, 0.3) is 0 Å². The van der Waals surface area contributed by atoms with Crippen LogP contribution in [0, 0.1) is 5.41 Å². The number of hydrogen-bond donors (Lipinski definition) is 2. The zero-order chi connectivity index (χ0) is 12.5. The molecule has 0 saturated carbocycles. The van der Waals surface area contributed by atoms with Gasteiger partial charge in [0.05, 0.1) is 19.3 Å². The molecule has 2 heterocycles. The SMILES string of the molecule is CCc1nsc(NC2COCC2(C)C(=O)O)n1. The van der Waals surface area contributed by atoms with Gasteiger partial charge in [0.25, 0.3) is 0 Å². The van der Waals surface area contributed by atoms with E-state index < -0.39 is 11.4 Å². The highest BCUT2D eigenvalue weighted by Gasteiger charge is 2.47. The number of nitrogens with zero attached hydrogens (tertiary/aromatic N) is 2. The van der Waals surface area contributed by atoms with Crippen molar-refractivity contribution in [2.75, 3.05) is 18.5 Å². The number of hydrogen-bond acceptors (Lipinski definition) is 6. The van der Waals surface area contributed by atoms with Crippen LogP contribution in [-0.4, -0.2) is 39.7 Å². The average molecular weight is 257 g/mol. The third kappa shape index (κ3) is 2.25. The Morgan fingerprint density at radius 2 is 2.53 bits per heavy atom. The van der Waals surface area contributed by atoms with E-state index in [0.717, 1.165) is 12.2 Å². The summed E-state index contributed by atoms with van der Waals surface area (Å²) in [6, 6.07) is -0.266. The minimum atomic E-state index is -0.905. The van der Waals surface area contributed by atoms with Gasteiger partial charge in [0, 0.05) is 18.0 Å². The first-order chi connectivity index (χ1) is 8.06. The van der Waals surface area contributed by atoms with E-state index in [-0.39, 0.29) is 12.6 Å². The summed E-state index contributed by atoms with van der Waals surface area (Å²) < 4.78 is 9.40. The normalized spacial score (nSPS) is 28.2. The van der Waals surface area contributed by atoms with E-state index in [4.69, 9.17) is 4.74 Å². The molecular weight excluding hydrogens is 242 g/mol. The molecule has 2 N–H and O–H groups in total. The predicted octanol–water partition coefficient (Wildman–Crippen LogP) is 1.00. The monoisotopic (exact) mass is 257 g/mol. The van der Waals surface area contributed by atoms with Crippen LogP contribution < -0.4 is 5.32 Å². The summed E-state index contributed by atoms with van der Waals surface area (Å²) in [7, 11) is 0. The zero-order valence-electron chi connectivity index (χ0n) is 9.77. The molecule has 0 aliphatic carbocycles. The zero-order valence-corrected chi connectivity index (χ0v) is 10.6. The van der Waals surface area contributed by atoms with Gasteiger partial charge >= 0.3 is 5.97 Å². The summed E-state index contributed by atoms with van der Waals surface area (Å²) in [6.07, 6.45) is 0.773. The molecule has 17 heavy (non-hydrogen) atoms. The van der Waals surface area contributed by atoms with Crippen LogP contribution in [0.1, 0.15) is 19.7 Å². The summed E-state index contributed by atoms with van der Waals surface area (Å²) in [5.41, 5.74) is -0.905. The number of ether oxygens (including phenoxy) is 1. The molecular formula is C10H15N3O3S. The molecule has 94 valence electrons. The van der Waals surface area contributed by atoms with Crippen molar-refractivity contribution in [2.45, 2.75) is 26.3 Å². The third-order valence-corrected chi connectivity index (χ3v) is 3.71. The molecule has 1 aromatic heterocycles. The Balaban J connectivity index is 2.10. The van der Waals surface area contributed by atoms with E-state index in [1.807, 2.05) is 6.92 Å². The van der Waals surface area contributed by atoms with E-state index in [1.54, 1.807) is 6.92 Å². The molecule has 0 bridgehead atoms. The molecule has 2 atom stereocenters. The van der Waals surface area contributed by atoms with E-state index in [1.165, 1.54) is 11.5 Å². The van der Waals surface area contributed by atoms with Gasteiger partial charge in [0.1, 0.15) is 11.2 Å². The number of aryl methyl sites for hydroxylation is 1. The maximum Gasteiger partial charge on any atom is 0.313 e. The van der Waals surface area contributed by atoms with Crippen LogP contribution in [-0.2, 0) is 16.0 Å². The molecule has 2 rings (SSSR count). The molecule has 0 radical (unpaired) electrons. The Hall–Kier alpha value is -1.21. The van der Waals surface area contributed by atoms with Crippen molar-refractivity contribution < 1.29 is 14.6 Å². The van der Waals surface area contributed by atoms with Gasteiger partial charge in [-0.3, -0.25) is 4.79 Å².